The van der Waals surface area contributed by atoms with Crippen molar-refractivity contribution in [2.45, 2.75) is 56.6 Å². The van der Waals surface area contributed by atoms with Crippen LogP contribution < -0.4 is 5.32 Å². The summed E-state index contributed by atoms with van der Waals surface area (Å²) in [5.41, 5.74) is 1.83. The molecule has 186 valence electrons. The molecule has 3 aromatic rings. The Morgan fingerprint density at radius 2 is 1.89 bits per heavy atom. The number of piperidine rings is 1. The Morgan fingerprint density at radius 3 is 2.69 bits per heavy atom. The van der Waals surface area contributed by atoms with Gasteiger partial charge in [-0.15, -0.1) is 10.2 Å². The fourth-order valence-corrected chi connectivity index (χ4v) is 5.59. The molecule has 2 heterocycles. The second-order valence-electron chi connectivity index (χ2n) is 8.99. The topological polar surface area (TPSA) is 63.1 Å². The molecule has 35 heavy (non-hydrogen) atoms. The first kappa shape index (κ1) is 25.7. The summed E-state index contributed by atoms with van der Waals surface area (Å²) in [7, 11) is 0. The van der Waals surface area contributed by atoms with E-state index in [2.05, 4.69) is 27.3 Å². The second-order valence-corrected chi connectivity index (χ2v) is 10.5. The number of nitrogens with one attached hydrogen (secondary N) is 1. The second kappa shape index (κ2) is 13.1. The van der Waals surface area contributed by atoms with Crippen LogP contribution in [0, 0.1) is 0 Å². The molecule has 1 fully saturated rings. The number of rotatable bonds is 11. The van der Waals surface area contributed by atoms with Crippen molar-refractivity contribution in [3.8, 4) is 17.1 Å². The van der Waals surface area contributed by atoms with E-state index < -0.39 is 0 Å². The van der Waals surface area contributed by atoms with Crippen molar-refractivity contribution in [3.05, 3.63) is 59.6 Å². The molecule has 1 saturated heterocycles. The Hall–Kier alpha value is -2.35. The highest BCUT2D eigenvalue weighted by Crippen LogP contribution is 2.32. The van der Waals surface area contributed by atoms with Crippen LogP contribution in [0.3, 0.4) is 0 Å². The maximum absolute atomic E-state index is 12.3. The van der Waals surface area contributed by atoms with Crippen molar-refractivity contribution < 1.29 is 4.79 Å². The highest BCUT2D eigenvalue weighted by atomic mass is 35.5. The van der Waals surface area contributed by atoms with Gasteiger partial charge >= 0.3 is 0 Å². The maximum Gasteiger partial charge on any atom is 0.220 e. The summed E-state index contributed by atoms with van der Waals surface area (Å²) in [5, 5.41) is 13.4. The van der Waals surface area contributed by atoms with Crippen LogP contribution in [0.25, 0.3) is 17.1 Å². The fraction of sp³-hybridized carbons (Fsp3) is 0.444. The molecule has 0 aliphatic carbocycles. The molecule has 2 aromatic carbocycles. The van der Waals surface area contributed by atoms with Crippen LogP contribution >= 0.6 is 23.4 Å². The number of amides is 1. The summed E-state index contributed by atoms with van der Waals surface area (Å²) in [6.07, 6.45) is 6.24. The molecule has 8 heteroatoms. The van der Waals surface area contributed by atoms with Gasteiger partial charge in [0.15, 0.2) is 11.0 Å². The average molecular weight is 512 g/mol. The van der Waals surface area contributed by atoms with Crippen LogP contribution in [0.2, 0.25) is 5.02 Å². The first-order valence-corrected chi connectivity index (χ1v) is 13.9. The number of para-hydroxylation sites is 1. The molecule has 0 spiro atoms. The maximum atomic E-state index is 12.3. The van der Waals surface area contributed by atoms with Gasteiger partial charge in [-0.2, -0.15) is 0 Å². The van der Waals surface area contributed by atoms with Crippen LogP contribution in [0.4, 0.5) is 0 Å². The lowest BCUT2D eigenvalue weighted by Crippen LogP contribution is -2.39. The summed E-state index contributed by atoms with van der Waals surface area (Å²) in [6, 6.07) is 18.4. The lowest BCUT2D eigenvalue weighted by molar-refractivity contribution is -0.121. The molecule has 1 unspecified atom stereocenters. The van der Waals surface area contributed by atoms with Crippen LogP contribution in [-0.4, -0.2) is 57.0 Å². The quantitative estimate of drug-likeness (QED) is 0.259. The molecule has 1 aliphatic rings. The minimum Gasteiger partial charge on any atom is -0.356 e. The van der Waals surface area contributed by atoms with Gasteiger partial charge in [-0.3, -0.25) is 9.36 Å². The monoisotopic (exact) mass is 511 g/mol. The molecule has 1 amide bonds. The van der Waals surface area contributed by atoms with Gasteiger partial charge in [-0.25, -0.2) is 0 Å². The standard InChI is InChI=1S/C27H34ClN5OS/c1-21-11-7-8-18-32(21)19-10-17-29-25(34)16-9-20-35-27-31-30-26(23-14-5-6-15-24(23)28)33(27)22-12-3-2-4-13-22/h2-6,12-15,21H,7-11,16-20H2,1H3,(H,29,34). The lowest BCUT2D eigenvalue weighted by Gasteiger charge is -2.33. The summed E-state index contributed by atoms with van der Waals surface area (Å²) in [4.78, 5) is 14.9. The number of aromatic nitrogens is 3. The van der Waals surface area contributed by atoms with E-state index in [9.17, 15) is 4.79 Å². The minimum atomic E-state index is 0.124. The summed E-state index contributed by atoms with van der Waals surface area (Å²) in [6.45, 7) is 5.32. The molecule has 0 bridgehead atoms. The van der Waals surface area contributed by atoms with E-state index in [-0.39, 0.29) is 5.91 Å². The van der Waals surface area contributed by atoms with Crippen molar-refractivity contribution in [3.63, 3.8) is 0 Å². The highest BCUT2D eigenvalue weighted by molar-refractivity contribution is 7.99. The summed E-state index contributed by atoms with van der Waals surface area (Å²) in [5.74, 6) is 1.62. The molecule has 0 saturated carbocycles. The van der Waals surface area contributed by atoms with Gasteiger partial charge in [0, 0.05) is 42.6 Å². The van der Waals surface area contributed by atoms with E-state index in [1.807, 2.05) is 59.2 Å². The van der Waals surface area contributed by atoms with Crippen molar-refractivity contribution in [1.29, 1.82) is 0 Å². The Morgan fingerprint density at radius 1 is 1.09 bits per heavy atom. The Bertz CT molecular complexity index is 1090. The molecule has 4 rings (SSSR count). The predicted molar refractivity (Wildman–Crippen MR) is 144 cm³/mol. The summed E-state index contributed by atoms with van der Waals surface area (Å²) >= 11 is 8.07. The summed E-state index contributed by atoms with van der Waals surface area (Å²) < 4.78 is 2.04. The number of nitrogens with zero attached hydrogens (tertiary/aromatic N) is 4. The van der Waals surface area contributed by atoms with Gasteiger partial charge in [0.2, 0.25) is 5.91 Å². The number of hydrogen-bond donors (Lipinski definition) is 1. The molecule has 1 aromatic heterocycles. The van der Waals surface area contributed by atoms with Gasteiger partial charge in [-0.05, 0) is 63.4 Å². The number of carbonyl (C=O) groups is 1. The normalized spacial score (nSPS) is 16.3. The van der Waals surface area contributed by atoms with Gasteiger partial charge in [0.1, 0.15) is 0 Å². The molecular formula is C27H34ClN5OS. The zero-order valence-corrected chi connectivity index (χ0v) is 21.9. The van der Waals surface area contributed by atoms with Gasteiger partial charge < -0.3 is 10.2 Å². The van der Waals surface area contributed by atoms with E-state index in [1.54, 1.807) is 11.8 Å². The zero-order valence-electron chi connectivity index (χ0n) is 20.3. The number of benzene rings is 2. The fourth-order valence-electron chi connectivity index (χ4n) is 4.47. The molecule has 1 atom stereocenters. The highest BCUT2D eigenvalue weighted by Gasteiger charge is 2.19. The third kappa shape index (κ3) is 7.09. The number of hydrogen-bond acceptors (Lipinski definition) is 5. The van der Waals surface area contributed by atoms with Crippen LogP contribution in [0.5, 0.6) is 0 Å². The molecule has 0 radical (unpaired) electrons. The predicted octanol–water partition coefficient (Wildman–Crippen LogP) is 5.84. The minimum absolute atomic E-state index is 0.124. The molecular weight excluding hydrogens is 478 g/mol. The SMILES string of the molecule is CC1CCCCN1CCCNC(=O)CCCSc1nnc(-c2ccccc2Cl)n1-c1ccccc1. The van der Waals surface area contributed by atoms with Gasteiger partial charge in [0.25, 0.3) is 0 Å². The van der Waals surface area contributed by atoms with Crippen molar-refractivity contribution in [2.75, 3.05) is 25.4 Å². The van der Waals surface area contributed by atoms with Crippen molar-refractivity contribution >= 4 is 29.3 Å². The first-order valence-electron chi connectivity index (χ1n) is 12.5. The van der Waals surface area contributed by atoms with Gasteiger partial charge in [-0.1, -0.05) is 60.1 Å². The average Bonchev–Trinajstić information content (AvgIpc) is 3.30. The lowest BCUT2D eigenvalue weighted by atomic mass is 10.0. The number of likely N-dealkylation sites (tertiary alicyclic amines) is 1. The van der Waals surface area contributed by atoms with Crippen molar-refractivity contribution in [1.82, 2.24) is 25.0 Å². The largest absolute Gasteiger partial charge is 0.356 e. The smallest absolute Gasteiger partial charge is 0.220 e. The van der Waals surface area contributed by atoms with Gasteiger partial charge in [0.05, 0.1) is 5.02 Å². The van der Waals surface area contributed by atoms with E-state index in [4.69, 9.17) is 11.6 Å². The Labute approximate surface area is 217 Å². The van der Waals surface area contributed by atoms with Crippen LogP contribution in [0.1, 0.15) is 45.4 Å². The van der Waals surface area contributed by atoms with E-state index >= 15 is 0 Å². The number of halogens is 1. The third-order valence-corrected chi connectivity index (χ3v) is 7.77. The van der Waals surface area contributed by atoms with E-state index in [0.717, 1.165) is 48.1 Å². The Kier molecular flexibility index (Phi) is 9.63. The van der Waals surface area contributed by atoms with Crippen molar-refractivity contribution in [2.24, 2.45) is 0 Å². The molecule has 1 N–H and O–H groups in total. The first-order chi connectivity index (χ1) is 17.1. The molecule has 6 nitrogen and oxygen atoms in total. The van der Waals surface area contributed by atoms with E-state index in [0.29, 0.717) is 23.3 Å². The van der Waals surface area contributed by atoms with Crippen LogP contribution in [0.15, 0.2) is 59.8 Å². The Balaban J connectivity index is 1.27. The zero-order chi connectivity index (χ0) is 24.5. The third-order valence-electron chi connectivity index (χ3n) is 6.43. The molecule has 1 aliphatic heterocycles. The number of thioether (sulfide) groups is 1. The van der Waals surface area contributed by atoms with E-state index in [1.165, 1.54) is 25.8 Å². The van der Waals surface area contributed by atoms with Crippen LogP contribution in [-0.2, 0) is 4.79 Å². The number of carbonyl (C=O) groups excluding carboxylic acids is 1.